The molecule has 1 heterocycles. The first kappa shape index (κ1) is 14.8. The molecular weight excluding hydrogens is 248 g/mol. The van der Waals surface area contributed by atoms with Crippen molar-refractivity contribution in [1.82, 2.24) is 14.7 Å². The molecule has 4 heteroatoms. The molecule has 2 atom stereocenters. The minimum Gasteiger partial charge on any atom is -0.326 e. The minimum absolute atomic E-state index is 0.0500. The molecule has 2 rings (SSSR count). The largest absolute Gasteiger partial charge is 0.326 e. The molecule has 2 N–H and O–H groups in total. The second-order valence-corrected chi connectivity index (χ2v) is 5.66. The molecule has 0 saturated heterocycles. The summed E-state index contributed by atoms with van der Waals surface area (Å²) in [5, 5.41) is 4.26. The lowest BCUT2D eigenvalue weighted by molar-refractivity contribution is 0.211. The van der Waals surface area contributed by atoms with Crippen molar-refractivity contribution >= 4 is 0 Å². The normalized spacial score (nSPS) is 14.5. The van der Waals surface area contributed by atoms with E-state index in [2.05, 4.69) is 48.2 Å². The lowest BCUT2D eigenvalue weighted by Gasteiger charge is -2.30. The molecule has 4 nitrogen and oxygen atoms in total. The molecule has 1 aromatic heterocycles. The summed E-state index contributed by atoms with van der Waals surface area (Å²) in [7, 11) is 4.05. The zero-order chi connectivity index (χ0) is 14.7. The van der Waals surface area contributed by atoms with Gasteiger partial charge in [-0.15, -0.1) is 0 Å². The van der Waals surface area contributed by atoms with Gasteiger partial charge < -0.3 is 5.73 Å². The van der Waals surface area contributed by atoms with E-state index in [9.17, 15) is 0 Å². The van der Waals surface area contributed by atoms with Gasteiger partial charge in [0, 0.05) is 31.4 Å². The number of aromatic nitrogens is 2. The zero-order valence-electron chi connectivity index (χ0n) is 12.7. The van der Waals surface area contributed by atoms with Gasteiger partial charge in [0.2, 0.25) is 0 Å². The number of likely N-dealkylation sites (N-methyl/N-ethyl adjacent to an activating group) is 1. The lowest BCUT2D eigenvalue weighted by atomic mass is 10.0. The van der Waals surface area contributed by atoms with Crippen LogP contribution in [-0.2, 0) is 13.6 Å². The average molecular weight is 272 g/mol. The molecule has 0 radical (unpaired) electrons. The number of hydrogen-bond donors (Lipinski definition) is 1. The van der Waals surface area contributed by atoms with Gasteiger partial charge in [0.1, 0.15) is 0 Å². The predicted molar refractivity (Wildman–Crippen MR) is 82.2 cm³/mol. The third kappa shape index (κ3) is 3.46. The van der Waals surface area contributed by atoms with Gasteiger partial charge in [-0.05, 0) is 26.5 Å². The van der Waals surface area contributed by atoms with E-state index in [1.807, 2.05) is 31.0 Å². The second-order valence-electron chi connectivity index (χ2n) is 5.66. The van der Waals surface area contributed by atoms with Gasteiger partial charge in [-0.2, -0.15) is 5.10 Å². The highest BCUT2D eigenvalue weighted by Crippen LogP contribution is 2.23. The first-order valence-electron chi connectivity index (χ1n) is 6.97. The zero-order valence-corrected chi connectivity index (χ0v) is 12.7. The molecule has 108 valence electrons. The van der Waals surface area contributed by atoms with Crippen LogP contribution < -0.4 is 5.73 Å². The van der Waals surface area contributed by atoms with Crippen LogP contribution in [-0.4, -0.2) is 27.8 Å². The highest BCUT2D eigenvalue weighted by molar-refractivity contribution is 5.22. The monoisotopic (exact) mass is 272 g/mol. The maximum atomic E-state index is 6.18. The van der Waals surface area contributed by atoms with Gasteiger partial charge >= 0.3 is 0 Å². The van der Waals surface area contributed by atoms with E-state index in [1.54, 1.807) is 0 Å². The first-order chi connectivity index (χ1) is 9.47. The summed E-state index contributed by atoms with van der Waals surface area (Å²) in [6.45, 7) is 5.04. The first-order valence-corrected chi connectivity index (χ1v) is 6.97. The summed E-state index contributed by atoms with van der Waals surface area (Å²) in [4.78, 5) is 2.29. The summed E-state index contributed by atoms with van der Waals surface area (Å²) in [6.07, 6.45) is 3.95. The Labute approximate surface area is 121 Å². The predicted octanol–water partition coefficient (Wildman–Crippen LogP) is 2.25. The molecule has 1 aromatic carbocycles. The Kier molecular flexibility index (Phi) is 4.57. The molecule has 2 unspecified atom stereocenters. The molecular formula is C16H24N4. The van der Waals surface area contributed by atoms with E-state index in [4.69, 9.17) is 5.73 Å². The van der Waals surface area contributed by atoms with E-state index in [-0.39, 0.29) is 12.1 Å². The van der Waals surface area contributed by atoms with Gasteiger partial charge in [-0.3, -0.25) is 9.58 Å². The van der Waals surface area contributed by atoms with Gasteiger partial charge in [0.15, 0.2) is 0 Å². The van der Waals surface area contributed by atoms with Crippen LogP contribution in [0.5, 0.6) is 0 Å². The lowest BCUT2D eigenvalue weighted by Crippen LogP contribution is -2.36. The fraction of sp³-hybridized carbons (Fsp3) is 0.438. The quantitative estimate of drug-likeness (QED) is 0.908. The van der Waals surface area contributed by atoms with Crippen molar-refractivity contribution < 1.29 is 0 Å². The standard InChI is InChI=1S/C16H24N4/c1-12-6-5-7-14(8-12)10-19(3)16(13(2)17)15-9-18-20(4)11-15/h5-9,11,13,16H,10,17H2,1-4H3. The Hall–Kier alpha value is -1.65. The SMILES string of the molecule is Cc1cccc(CN(C)C(c2cnn(C)c2)C(C)N)c1. The van der Waals surface area contributed by atoms with Gasteiger partial charge in [-0.1, -0.05) is 29.8 Å². The third-order valence-corrected chi connectivity index (χ3v) is 3.55. The van der Waals surface area contributed by atoms with Gasteiger partial charge in [0.25, 0.3) is 0 Å². The molecule has 0 aliphatic heterocycles. The fourth-order valence-corrected chi connectivity index (χ4v) is 2.75. The number of hydrogen-bond acceptors (Lipinski definition) is 3. The number of nitrogens with two attached hydrogens (primary N) is 1. The Bertz CT molecular complexity index is 559. The maximum Gasteiger partial charge on any atom is 0.0538 e. The minimum atomic E-state index is 0.0500. The molecule has 0 amide bonds. The Morgan fingerprint density at radius 1 is 1.40 bits per heavy atom. The fourth-order valence-electron chi connectivity index (χ4n) is 2.75. The summed E-state index contributed by atoms with van der Waals surface area (Å²) in [6, 6.07) is 8.82. The van der Waals surface area contributed by atoms with Gasteiger partial charge in [0.05, 0.1) is 12.2 Å². The van der Waals surface area contributed by atoms with Crippen LogP contribution in [0.15, 0.2) is 36.7 Å². The Morgan fingerprint density at radius 3 is 2.70 bits per heavy atom. The average Bonchev–Trinajstić information content (AvgIpc) is 2.75. The smallest absolute Gasteiger partial charge is 0.0538 e. The maximum absolute atomic E-state index is 6.18. The van der Waals surface area contributed by atoms with Crippen LogP contribution in [0, 0.1) is 6.92 Å². The highest BCUT2D eigenvalue weighted by atomic mass is 15.2. The molecule has 0 fully saturated rings. The molecule has 0 spiro atoms. The van der Waals surface area contributed by atoms with Crippen molar-refractivity contribution in [2.75, 3.05) is 7.05 Å². The Balaban J connectivity index is 2.17. The molecule has 0 aliphatic rings. The topological polar surface area (TPSA) is 47.1 Å². The van der Waals surface area contributed by atoms with Crippen LogP contribution in [0.25, 0.3) is 0 Å². The summed E-state index contributed by atoms with van der Waals surface area (Å²) in [5.41, 5.74) is 9.94. The number of nitrogens with zero attached hydrogens (tertiary/aromatic N) is 3. The summed E-state index contributed by atoms with van der Waals surface area (Å²) >= 11 is 0. The number of benzene rings is 1. The van der Waals surface area contributed by atoms with Crippen molar-refractivity contribution in [3.63, 3.8) is 0 Å². The van der Waals surface area contributed by atoms with Crippen LogP contribution >= 0.6 is 0 Å². The Morgan fingerprint density at radius 2 is 2.15 bits per heavy atom. The van der Waals surface area contributed by atoms with E-state index < -0.39 is 0 Å². The van der Waals surface area contributed by atoms with Crippen molar-refractivity contribution in [3.05, 3.63) is 53.3 Å². The summed E-state index contributed by atoms with van der Waals surface area (Å²) in [5.74, 6) is 0. The van der Waals surface area contributed by atoms with Crippen molar-refractivity contribution in [3.8, 4) is 0 Å². The number of aryl methyl sites for hydroxylation is 2. The van der Waals surface area contributed by atoms with E-state index in [0.29, 0.717) is 0 Å². The van der Waals surface area contributed by atoms with Crippen molar-refractivity contribution in [2.24, 2.45) is 12.8 Å². The van der Waals surface area contributed by atoms with E-state index in [0.717, 1.165) is 12.1 Å². The van der Waals surface area contributed by atoms with Crippen LogP contribution in [0.1, 0.15) is 29.7 Å². The second kappa shape index (κ2) is 6.20. The highest BCUT2D eigenvalue weighted by Gasteiger charge is 2.22. The molecule has 20 heavy (non-hydrogen) atoms. The molecule has 0 saturated carbocycles. The van der Waals surface area contributed by atoms with Crippen LogP contribution in [0.2, 0.25) is 0 Å². The summed E-state index contributed by atoms with van der Waals surface area (Å²) < 4.78 is 1.82. The van der Waals surface area contributed by atoms with Crippen molar-refractivity contribution in [1.29, 1.82) is 0 Å². The van der Waals surface area contributed by atoms with E-state index >= 15 is 0 Å². The number of rotatable bonds is 5. The van der Waals surface area contributed by atoms with Crippen molar-refractivity contribution in [2.45, 2.75) is 32.5 Å². The van der Waals surface area contributed by atoms with Crippen LogP contribution in [0.3, 0.4) is 0 Å². The van der Waals surface area contributed by atoms with Crippen LogP contribution in [0.4, 0.5) is 0 Å². The molecule has 2 aromatic rings. The molecule has 0 bridgehead atoms. The third-order valence-electron chi connectivity index (χ3n) is 3.55. The molecule has 0 aliphatic carbocycles. The van der Waals surface area contributed by atoms with Gasteiger partial charge in [-0.25, -0.2) is 0 Å². The van der Waals surface area contributed by atoms with E-state index in [1.165, 1.54) is 11.1 Å².